The van der Waals surface area contributed by atoms with Crippen molar-refractivity contribution in [1.29, 1.82) is 0 Å². The zero-order chi connectivity index (χ0) is 16.5. The molecule has 0 radical (unpaired) electrons. The maximum Gasteiger partial charge on any atom is 0.210 e. The Morgan fingerprint density at radius 1 is 1.09 bits per heavy atom. The maximum atomic E-state index is 5.80. The van der Waals surface area contributed by atoms with E-state index in [0.29, 0.717) is 18.3 Å². The van der Waals surface area contributed by atoms with E-state index >= 15 is 0 Å². The molecule has 0 amide bonds. The summed E-state index contributed by atoms with van der Waals surface area (Å²) in [5, 5.41) is 5.13. The van der Waals surface area contributed by atoms with E-state index in [-0.39, 0.29) is 0 Å². The van der Waals surface area contributed by atoms with Crippen LogP contribution in [0, 0.1) is 0 Å². The van der Waals surface area contributed by atoms with E-state index in [2.05, 4.69) is 26.7 Å². The summed E-state index contributed by atoms with van der Waals surface area (Å²) >= 11 is 8.78. The van der Waals surface area contributed by atoms with Crippen LogP contribution in [0.3, 0.4) is 0 Å². The van der Waals surface area contributed by atoms with Crippen molar-refractivity contribution < 1.29 is 4.84 Å². The van der Waals surface area contributed by atoms with Gasteiger partial charge in [0.1, 0.15) is 6.61 Å². The van der Waals surface area contributed by atoms with Gasteiger partial charge < -0.3 is 5.32 Å². The largest absolute Gasteiger partial charge is 0.360 e. The van der Waals surface area contributed by atoms with Gasteiger partial charge in [0, 0.05) is 17.6 Å². The van der Waals surface area contributed by atoms with Crippen LogP contribution < -0.4 is 10.7 Å². The molecule has 0 unspecified atom stereocenters. The van der Waals surface area contributed by atoms with Crippen LogP contribution in [0.1, 0.15) is 18.1 Å². The summed E-state index contributed by atoms with van der Waals surface area (Å²) in [5.74, 6) is 0. The minimum absolute atomic E-state index is 0.444. The molecule has 23 heavy (non-hydrogen) atoms. The first-order valence-corrected chi connectivity index (χ1v) is 8.62. The van der Waals surface area contributed by atoms with Gasteiger partial charge in [-0.05, 0) is 42.4 Å². The van der Waals surface area contributed by atoms with E-state index in [4.69, 9.17) is 17.1 Å². The number of hydroxylamine groups is 1. The average Bonchev–Trinajstić information content (AvgIpc) is 2.57. The lowest BCUT2D eigenvalue weighted by molar-refractivity contribution is -0.149. The molecular weight excluding hydrogens is 374 g/mol. The van der Waals surface area contributed by atoms with Gasteiger partial charge >= 0.3 is 0 Å². The Labute approximate surface area is 150 Å². The molecule has 0 fully saturated rings. The molecule has 2 aromatic carbocycles. The molecule has 0 saturated heterocycles. The number of thiocarbonyl (C=S) groups is 1. The van der Waals surface area contributed by atoms with Crippen molar-refractivity contribution in [3.63, 3.8) is 0 Å². The molecule has 0 bridgehead atoms. The summed E-state index contributed by atoms with van der Waals surface area (Å²) in [6.07, 6.45) is 0. The van der Waals surface area contributed by atoms with Crippen LogP contribution in [0.4, 0.5) is 0 Å². The van der Waals surface area contributed by atoms with E-state index in [1.54, 1.807) is 0 Å². The van der Waals surface area contributed by atoms with Crippen molar-refractivity contribution in [1.82, 2.24) is 15.9 Å². The van der Waals surface area contributed by atoms with E-state index in [1.165, 1.54) is 5.17 Å². The van der Waals surface area contributed by atoms with E-state index < -0.39 is 0 Å². The highest BCUT2D eigenvalue weighted by Gasteiger charge is 2.10. The van der Waals surface area contributed by atoms with Gasteiger partial charge in [-0.2, -0.15) is 5.17 Å². The van der Waals surface area contributed by atoms with Crippen molar-refractivity contribution in [2.24, 2.45) is 0 Å². The van der Waals surface area contributed by atoms with Crippen molar-refractivity contribution in [3.05, 3.63) is 70.2 Å². The Morgan fingerprint density at radius 3 is 2.43 bits per heavy atom. The number of rotatable bonds is 7. The van der Waals surface area contributed by atoms with Gasteiger partial charge in [-0.25, -0.2) is 5.43 Å². The second kappa shape index (κ2) is 9.62. The maximum absolute atomic E-state index is 5.80. The Hall–Kier alpha value is -1.47. The van der Waals surface area contributed by atoms with E-state index in [1.807, 2.05) is 61.5 Å². The Morgan fingerprint density at radius 2 is 1.78 bits per heavy atom. The predicted octanol–water partition coefficient (Wildman–Crippen LogP) is 3.78. The fourth-order valence-corrected chi connectivity index (χ4v) is 2.40. The van der Waals surface area contributed by atoms with Crippen molar-refractivity contribution in [3.8, 4) is 0 Å². The molecule has 2 rings (SSSR count). The van der Waals surface area contributed by atoms with Gasteiger partial charge in [0.05, 0.1) is 0 Å². The normalized spacial score (nSPS) is 10.3. The summed E-state index contributed by atoms with van der Waals surface area (Å²) in [7, 11) is 0. The number of nitrogens with one attached hydrogen (secondary N) is 2. The smallest absolute Gasteiger partial charge is 0.210 e. The molecule has 2 N–H and O–H groups in total. The fourth-order valence-electron chi connectivity index (χ4n) is 1.88. The number of nitrogens with zero attached hydrogens (tertiary/aromatic N) is 1. The number of halogens is 1. The van der Waals surface area contributed by atoms with Crippen LogP contribution in [-0.2, 0) is 18.0 Å². The first kappa shape index (κ1) is 17.9. The molecule has 0 aromatic heterocycles. The minimum atomic E-state index is 0.444. The molecule has 0 spiro atoms. The monoisotopic (exact) mass is 393 g/mol. The van der Waals surface area contributed by atoms with Gasteiger partial charge in [-0.15, -0.1) is 0 Å². The zero-order valence-corrected chi connectivity index (χ0v) is 15.4. The molecule has 4 nitrogen and oxygen atoms in total. The molecule has 2 aromatic rings. The molecule has 0 atom stereocenters. The van der Waals surface area contributed by atoms with Gasteiger partial charge in [0.15, 0.2) is 0 Å². The highest BCUT2D eigenvalue weighted by molar-refractivity contribution is 9.10. The summed E-state index contributed by atoms with van der Waals surface area (Å²) in [6, 6.07) is 18.1. The summed E-state index contributed by atoms with van der Waals surface area (Å²) in [6.45, 7) is 3.80. The quantitative estimate of drug-likeness (QED) is 0.552. The third-order valence-electron chi connectivity index (χ3n) is 3.06. The SMILES string of the molecule is CCNC(=S)N(NCc1ccc(Br)cc1)OCc1ccccc1. The molecule has 0 heterocycles. The van der Waals surface area contributed by atoms with Crippen molar-refractivity contribution >= 4 is 33.3 Å². The second-order valence-corrected chi connectivity index (χ2v) is 6.15. The molecule has 0 aliphatic rings. The van der Waals surface area contributed by atoms with Crippen molar-refractivity contribution in [2.75, 3.05) is 6.54 Å². The van der Waals surface area contributed by atoms with Crippen LogP contribution in [0.25, 0.3) is 0 Å². The Bertz CT molecular complexity index is 607. The van der Waals surface area contributed by atoms with Crippen molar-refractivity contribution in [2.45, 2.75) is 20.1 Å². The number of hydrazine groups is 1. The molecule has 0 aliphatic heterocycles. The Balaban J connectivity index is 1.93. The zero-order valence-electron chi connectivity index (χ0n) is 13.0. The highest BCUT2D eigenvalue weighted by Crippen LogP contribution is 2.10. The molecule has 0 saturated carbocycles. The van der Waals surface area contributed by atoms with Gasteiger partial charge in [-0.1, -0.05) is 58.4 Å². The first-order valence-electron chi connectivity index (χ1n) is 7.41. The number of hydrogen-bond acceptors (Lipinski definition) is 3. The highest BCUT2D eigenvalue weighted by atomic mass is 79.9. The van der Waals surface area contributed by atoms with Crippen LogP contribution in [0.2, 0.25) is 0 Å². The molecular formula is C17H20BrN3OS. The molecule has 122 valence electrons. The van der Waals surface area contributed by atoms with Crippen LogP contribution in [0.5, 0.6) is 0 Å². The summed E-state index contributed by atoms with van der Waals surface area (Å²) in [5.41, 5.74) is 5.43. The first-order chi connectivity index (χ1) is 11.2. The fraction of sp³-hybridized carbons (Fsp3) is 0.235. The lowest BCUT2D eigenvalue weighted by Crippen LogP contribution is -2.47. The van der Waals surface area contributed by atoms with E-state index in [0.717, 1.165) is 22.1 Å². The molecule has 6 heteroatoms. The second-order valence-electron chi connectivity index (χ2n) is 4.85. The van der Waals surface area contributed by atoms with Gasteiger partial charge in [0.2, 0.25) is 5.11 Å². The standard InChI is InChI=1S/C17H20BrN3OS/c1-2-19-17(23)21(22-13-15-6-4-3-5-7-15)20-12-14-8-10-16(18)11-9-14/h3-11,20H,2,12-13H2,1H3,(H,19,23). The van der Waals surface area contributed by atoms with Crippen LogP contribution >= 0.6 is 28.1 Å². The number of benzene rings is 2. The van der Waals surface area contributed by atoms with Gasteiger partial charge in [-0.3, -0.25) is 4.84 Å². The third kappa shape index (κ3) is 6.27. The third-order valence-corrected chi connectivity index (χ3v) is 3.89. The summed E-state index contributed by atoms with van der Waals surface area (Å²) in [4.78, 5) is 5.80. The predicted molar refractivity (Wildman–Crippen MR) is 100 cm³/mol. The Kier molecular flexibility index (Phi) is 7.48. The lowest BCUT2D eigenvalue weighted by atomic mass is 10.2. The van der Waals surface area contributed by atoms with E-state index in [9.17, 15) is 0 Å². The van der Waals surface area contributed by atoms with Crippen LogP contribution in [-0.4, -0.2) is 16.8 Å². The minimum Gasteiger partial charge on any atom is -0.360 e. The lowest BCUT2D eigenvalue weighted by Gasteiger charge is -2.25. The van der Waals surface area contributed by atoms with Gasteiger partial charge in [0.25, 0.3) is 0 Å². The summed E-state index contributed by atoms with van der Waals surface area (Å²) < 4.78 is 1.06. The van der Waals surface area contributed by atoms with Crippen LogP contribution in [0.15, 0.2) is 59.1 Å². The molecule has 0 aliphatic carbocycles. The average molecular weight is 394 g/mol. The number of hydrogen-bond donors (Lipinski definition) is 2. The topological polar surface area (TPSA) is 36.5 Å².